The molecule has 0 aliphatic carbocycles. The lowest BCUT2D eigenvalue weighted by Gasteiger charge is -2.09. The number of nitrogens with zero attached hydrogens (tertiary/aromatic N) is 3. The van der Waals surface area contributed by atoms with E-state index in [0.717, 1.165) is 17.0 Å². The van der Waals surface area contributed by atoms with E-state index in [2.05, 4.69) is 10.4 Å². The highest BCUT2D eigenvalue weighted by Crippen LogP contribution is 2.23. The van der Waals surface area contributed by atoms with Gasteiger partial charge in [0.2, 0.25) is 0 Å². The predicted molar refractivity (Wildman–Crippen MR) is 108 cm³/mol. The molecule has 0 atom stereocenters. The Labute approximate surface area is 168 Å². The van der Waals surface area contributed by atoms with Crippen LogP contribution in [0, 0.1) is 24.0 Å². The first-order valence-corrected chi connectivity index (χ1v) is 9.08. The molecule has 0 aliphatic rings. The van der Waals surface area contributed by atoms with Gasteiger partial charge in [0, 0.05) is 29.9 Å². The molecule has 150 valence electrons. The van der Waals surface area contributed by atoms with E-state index in [9.17, 15) is 14.9 Å². The van der Waals surface area contributed by atoms with Gasteiger partial charge in [0.25, 0.3) is 11.6 Å². The average molecular weight is 394 g/mol. The number of hydrogen-bond donors (Lipinski definition) is 1. The van der Waals surface area contributed by atoms with Crippen LogP contribution in [0.3, 0.4) is 0 Å². The van der Waals surface area contributed by atoms with Crippen LogP contribution in [0.25, 0.3) is 0 Å². The number of aromatic nitrogens is 2. The highest BCUT2D eigenvalue weighted by molar-refractivity contribution is 5.94. The maximum absolute atomic E-state index is 12.4. The molecule has 1 N–H and O–H groups in total. The second-order valence-corrected chi connectivity index (χ2v) is 6.78. The van der Waals surface area contributed by atoms with Crippen molar-refractivity contribution < 1.29 is 14.5 Å². The first-order valence-electron chi connectivity index (χ1n) is 9.08. The van der Waals surface area contributed by atoms with Gasteiger partial charge in [0.1, 0.15) is 12.4 Å². The lowest BCUT2D eigenvalue weighted by Crippen LogP contribution is -2.23. The van der Waals surface area contributed by atoms with Crippen molar-refractivity contribution in [1.82, 2.24) is 15.1 Å². The number of carbonyl (C=O) groups is 1. The second-order valence-electron chi connectivity index (χ2n) is 6.78. The molecule has 8 heteroatoms. The summed E-state index contributed by atoms with van der Waals surface area (Å²) < 4.78 is 7.48. The molecule has 0 unspecified atom stereocenters. The van der Waals surface area contributed by atoms with E-state index in [0.29, 0.717) is 23.4 Å². The van der Waals surface area contributed by atoms with Crippen LogP contribution in [0.2, 0.25) is 0 Å². The lowest BCUT2D eigenvalue weighted by atomic mass is 10.1. The third-order valence-electron chi connectivity index (χ3n) is 4.55. The summed E-state index contributed by atoms with van der Waals surface area (Å²) in [5.41, 5.74) is 3.76. The molecule has 8 nitrogen and oxygen atoms in total. The summed E-state index contributed by atoms with van der Waals surface area (Å²) in [5.74, 6) is 0.342. The third-order valence-corrected chi connectivity index (χ3v) is 4.55. The van der Waals surface area contributed by atoms with Crippen molar-refractivity contribution in [2.45, 2.75) is 27.0 Å². The molecule has 3 aromatic rings. The average Bonchev–Trinajstić information content (AvgIpc) is 3.02. The van der Waals surface area contributed by atoms with Crippen molar-refractivity contribution >= 4 is 11.6 Å². The number of rotatable bonds is 7. The van der Waals surface area contributed by atoms with Crippen LogP contribution in [-0.4, -0.2) is 20.6 Å². The van der Waals surface area contributed by atoms with E-state index in [4.69, 9.17) is 4.74 Å². The van der Waals surface area contributed by atoms with E-state index < -0.39 is 4.92 Å². The van der Waals surface area contributed by atoms with Crippen LogP contribution < -0.4 is 10.1 Å². The largest absolute Gasteiger partial charge is 0.489 e. The first-order chi connectivity index (χ1) is 13.8. The normalized spacial score (nSPS) is 10.6. The molecule has 0 saturated carbocycles. The second kappa shape index (κ2) is 8.55. The lowest BCUT2D eigenvalue weighted by molar-refractivity contribution is -0.385. The minimum atomic E-state index is -0.423. The van der Waals surface area contributed by atoms with Crippen molar-refractivity contribution in [3.8, 4) is 5.75 Å². The fourth-order valence-electron chi connectivity index (χ4n) is 2.89. The van der Waals surface area contributed by atoms with Gasteiger partial charge in [0.05, 0.1) is 17.2 Å². The molecular weight excluding hydrogens is 372 g/mol. The molecule has 29 heavy (non-hydrogen) atoms. The number of benzene rings is 2. The summed E-state index contributed by atoms with van der Waals surface area (Å²) >= 11 is 0. The number of aryl methyl sites for hydroxylation is 3. The zero-order valence-electron chi connectivity index (χ0n) is 16.5. The van der Waals surface area contributed by atoms with Crippen LogP contribution >= 0.6 is 0 Å². The Morgan fingerprint density at radius 1 is 1.21 bits per heavy atom. The van der Waals surface area contributed by atoms with Crippen LogP contribution in [0.15, 0.2) is 48.5 Å². The number of hydrogen-bond acceptors (Lipinski definition) is 5. The summed E-state index contributed by atoms with van der Waals surface area (Å²) in [6.07, 6.45) is 0. The van der Waals surface area contributed by atoms with Gasteiger partial charge in [0.15, 0.2) is 0 Å². The van der Waals surface area contributed by atoms with Gasteiger partial charge in [-0.1, -0.05) is 12.1 Å². The molecule has 1 amide bonds. The summed E-state index contributed by atoms with van der Waals surface area (Å²) in [4.78, 5) is 22.9. The number of nitro groups is 1. The number of amides is 1. The summed E-state index contributed by atoms with van der Waals surface area (Å²) in [6, 6.07) is 13.7. The van der Waals surface area contributed by atoms with E-state index in [1.807, 2.05) is 26.1 Å². The van der Waals surface area contributed by atoms with Crippen molar-refractivity contribution in [2.24, 2.45) is 7.05 Å². The highest BCUT2D eigenvalue weighted by Gasteiger charge is 2.11. The fraction of sp³-hybridized carbons (Fsp3) is 0.238. The van der Waals surface area contributed by atoms with Gasteiger partial charge in [-0.15, -0.1) is 0 Å². The quantitative estimate of drug-likeness (QED) is 0.489. The van der Waals surface area contributed by atoms with Gasteiger partial charge in [-0.25, -0.2) is 0 Å². The van der Waals surface area contributed by atoms with Crippen LogP contribution in [0.4, 0.5) is 5.69 Å². The molecule has 1 aromatic heterocycles. The van der Waals surface area contributed by atoms with Gasteiger partial charge in [-0.05, 0) is 49.7 Å². The molecular formula is C21H22N4O4. The van der Waals surface area contributed by atoms with Crippen LogP contribution in [-0.2, 0) is 20.2 Å². The standard InChI is InChI=1S/C21H22N4O4/c1-14-9-19(7-8-20(14)25(27)28)29-13-16-5-4-6-17(11-16)21(26)22-12-18-10-15(2)24(3)23-18/h4-11H,12-13H2,1-3H3,(H,22,26). The topological polar surface area (TPSA) is 99.3 Å². The monoisotopic (exact) mass is 394 g/mol. The van der Waals surface area contributed by atoms with Crippen molar-refractivity contribution in [1.29, 1.82) is 0 Å². The smallest absolute Gasteiger partial charge is 0.272 e. The Morgan fingerprint density at radius 3 is 2.66 bits per heavy atom. The summed E-state index contributed by atoms with van der Waals surface area (Å²) in [7, 11) is 1.86. The molecule has 0 fully saturated rings. The van der Waals surface area contributed by atoms with Gasteiger partial charge >= 0.3 is 0 Å². The Morgan fingerprint density at radius 2 is 2.00 bits per heavy atom. The summed E-state index contributed by atoms with van der Waals surface area (Å²) in [5, 5.41) is 18.1. The Hall–Kier alpha value is -3.68. The van der Waals surface area contributed by atoms with Gasteiger partial charge in [-0.3, -0.25) is 19.6 Å². The molecule has 0 radical (unpaired) electrons. The molecule has 0 saturated heterocycles. The van der Waals surface area contributed by atoms with E-state index in [-0.39, 0.29) is 18.2 Å². The Bertz CT molecular complexity index is 1040. The van der Waals surface area contributed by atoms with E-state index in [1.165, 1.54) is 6.07 Å². The predicted octanol–water partition coefficient (Wildman–Crippen LogP) is 3.45. The van der Waals surface area contributed by atoms with Crippen molar-refractivity contribution in [3.05, 3.63) is 86.7 Å². The molecule has 3 rings (SSSR count). The Kier molecular flexibility index (Phi) is 5.92. The molecule has 2 aromatic carbocycles. The molecule has 0 aliphatic heterocycles. The number of carbonyl (C=O) groups excluding carboxylic acids is 1. The number of nitro benzene ring substituents is 1. The van der Waals surface area contributed by atoms with Crippen LogP contribution in [0.5, 0.6) is 5.75 Å². The number of ether oxygens (including phenoxy) is 1. The minimum absolute atomic E-state index is 0.0547. The zero-order valence-corrected chi connectivity index (χ0v) is 16.5. The van der Waals surface area contributed by atoms with Gasteiger partial charge < -0.3 is 10.1 Å². The van der Waals surface area contributed by atoms with Crippen molar-refractivity contribution in [3.63, 3.8) is 0 Å². The van der Waals surface area contributed by atoms with E-state index in [1.54, 1.807) is 41.9 Å². The maximum atomic E-state index is 12.4. The third kappa shape index (κ3) is 4.98. The molecule has 0 bridgehead atoms. The fourth-order valence-corrected chi connectivity index (χ4v) is 2.89. The SMILES string of the molecule is Cc1cc(OCc2cccc(C(=O)NCc3cc(C)n(C)n3)c2)ccc1[N+](=O)[O-]. The Balaban J connectivity index is 1.61. The first kappa shape index (κ1) is 20.1. The molecule has 1 heterocycles. The maximum Gasteiger partial charge on any atom is 0.272 e. The van der Waals surface area contributed by atoms with Gasteiger partial charge in [-0.2, -0.15) is 5.10 Å². The minimum Gasteiger partial charge on any atom is -0.489 e. The van der Waals surface area contributed by atoms with Crippen molar-refractivity contribution in [2.75, 3.05) is 0 Å². The van der Waals surface area contributed by atoms with E-state index >= 15 is 0 Å². The molecule has 0 spiro atoms. The van der Waals surface area contributed by atoms with Crippen LogP contribution in [0.1, 0.15) is 32.9 Å². The highest BCUT2D eigenvalue weighted by atomic mass is 16.6. The summed E-state index contributed by atoms with van der Waals surface area (Å²) in [6.45, 7) is 4.22. The number of nitrogens with one attached hydrogen (secondary N) is 1. The zero-order chi connectivity index (χ0) is 21.0.